The summed E-state index contributed by atoms with van der Waals surface area (Å²) in [6.07, 6.45) is 12.6. The molecule has 3 N–H and O–H groups in total. The Labute approximate surface area is 232 Å². The van der Waals surface area contributed by atoms with Gasteiger partial charge in [0.05, 0.1) is 23.3 Å². The van der Waals surface area contributed by atoms with Crippen LogP contribution in [0.3, 0.4) is 0 Å². The number of hydrogen-bond acceptors (Lipinski definition) is 5. The van der Waals surface area contributed by atoms with Crippen LogP contribution in [0.4, 0.5) is 4.79 Å². The third-order valence-corrected chi connectivity index (χ3v) is 6.89. The van der Waals surface area contributed by atoms with Gasteiger partial charge in [-0.2, -0.15) is 0 Å². The number of ether oxygens (including phenoxy) is 2. The molecule has 0 bridgehead atoms. The monoisotopic (exact) mass is 535 g/mol. The van der Waals surface area contributed by atoms with Gasteiger partial charge in [0.1, 0.15) is 12.7 Å². The molecule has 38 heavy (non-hydrogen) atoms. The molecule has 6 nitrogen and oxygen atoms in total. The molecule has 0 unspecified atom stereocenters. The first-order valence-corrected chi connectivity index (χ1v) is 15.0. The first-order chi connectivity index (χ1) is 18.0. The van der Waals surface area contributed by atoms with E-state index in [1.54, 1.807) is 0 Å². The second-order valence-corrected chi connectivity index (χ2v) is 12.2. The minimum absolute atomic E-state index is 0.122. The standard InChI is InChI=1S/C32H57NO5/c1-7-8-9-10-11-12-13-14-15-16-17-21-24-27(34)28(35)29(32(5,6)38-31(2,3)4)33-30(36)37-25-26-22-19-18-20-23-26/h18-20,22-23,27-29,34-35H,7-17,21,24-25H2,1-6H3,(H,33,36)/t27-,28+,29+/m1/s1. The average Bonchev–Trinajstić information content (AvgIpc) is 2.85. The number of amides is 1. The fourth-order valence-electron chi connectivity index (χ4n) is 5.00. The number of carbonyl (C=O) groups is 1. The number of aliphatic hydroxyl groups excluding tert-OH is 2. The molecule has 0 heterocycles. The van der Waals surface area contributed by atoms with Gasteiger partial charge in [-0.25, -0.2) is 4.79 Å². The van der Waals surface area contributed by atoms with E-state index in [1.165, 1.54) is 57.8 Å². The first-order valence-electron chi connectivity index (χ1n) is 15.0. The minimum Gasteiger partial charge on any atom is -0.445 e. The van der Waals surface area contributed by atoms with Crippen LogP contribution >= 0.6 is 0 Å². The summed E-state index contributed by atoms with van der Waals surface area (Å²) >= 11 is 0. The van der Waals surface area contributed by atoms with Crippen LogP contribution in [0.25, 0.3) is 0 Å². The van der Waals surface area contributed by atoms with Gasteiger partial charge in [-0.05, 0) is 46.6 Å². The molecule has 0 saturated carbocycles. The van der Waals surface area contributed by atoms with Crippen LogP contribution < -0.4 is 5.32 Å². The molecule has 0 aromatic heterocycles. The van der Waals surface area contributed by atoms with Crippen LogP contribution in [0.2, 0.25) is 0 Å². The molecule has 0 aliphatic carbocycles. The number of hydrogen-bond donors (Lipinski definition) is 3. The zero-order valence-corrected chi connectivity index (χ0v) is 25.1. The van der Waals surface area contributed by atoms with Gasteiger partial charge in [-0.3, -0.25) is 0 Å². The quantitative estimate of drug-likeness (QED) is 0.149. The Morgan fingerprint density at radius 1 is 0.816 bits per heavy atom. The van der Waals surface area contributed by atoms with Gasteiger partial charge in [0, 0.05) is 0 Å². The molecule has 1 aromatic rings. The van der Waals surface area contributed by atoms with Crippen molar-refractivity contribution < 1.29 is 24.5 Å². The molecule has 220 valence electrons. The van der Waals surface area contributed by atoms with Crippen LogP contribution in [0, 0.1) is 0 Å². The average molecular weight is 536 g/mol. The maximum absolute atomic E-state index is 12.7. The van der Waals surface area contributed by atoms with Crippen molar-refractivity contribution in [3.05, 3.63) is 35.9 Å². The lowest BCUT2D eigenvalue weighted by molar-refractivity contribution is -0.156. The van der Waals surface area contributed by atoms with Crippen molar-refractivity contribution >= 4 is 6.09 Å². The van der Waals surface area contributed by atoms with Gasteiger partial charge in [0.2, 0.25) is 0 Å². The van der Waals surface area contributed by atoms with Gasteiger partial charge in [-0.1, -0.05) is 114 Å². The predicted octanol–water partition coefficient (Wildman–Crippen LogP) is 7.69. The molecule has 3 atom stereocenters. The highest BCUT2D eigenvalue weighted by atomic mass is 16.6. The number of unbranched alkanes of at least 4 members (excludes halogenated alkanes) is 11. The van der Waals surface area contributed by atoms with E-state index in [4.69, 9.17) is 9.47 Å². The Hall–Kier alpha value is -1.63. The van der Waals surface area contributed by atoms with E-state index >= 15 is 0 Å². The SMILES string of the molecule is CCCCCCCCCCCCCC[C@@H](O)[C@H](O)[C@H](NC(=O)OCc1ccccc1)C(C)(C)OC(C)(C)C. The van der Waals surface area contributed by atoms with Crippen LogP contribution in [0.1, 0.15) is 131 Å². The minimum atomic E-state index is -1.19. The van der Waals surface area contributed by atoms with E-state index in [1.807, 2.05) is 65.0 Å². The second kappa shape index (κ2) is 18.6. The lowest BCUT2D eigenvalue weighted by atomic mass is 9.88. The van der Waals surface area contributed by atoms with E-state index in [0.717, 1.165) is 24.8 Å². The Kier molecular flexibility index (Phi) is 16.9. The molecule has 0 saturated heterocycles. The summed E-state index contributed by atoms with van der Waals surface area (Å²) in [6, 6.07) is 8.58. The Morgan fingerprint density at radius 2 is 1.32 bits per heavy atom. The maximum atomic E-state index is 12.7. The zero-order valence-electron chi connectivity index (χ0n) is 25.1. The van der Waals surface area contributed by atoms with Crippen LogP contribution in [-0.4, -0.2) is 45.8 Å². The smallest absolute Gasteiger partial charge is 0.407 e. The third kappa shape index (κ3) is 15.7. The normalized spacial score (nSPS) is 14.6. The molecule has 0 aliphatic rings. The van der Waals surface area contributed by atoms with Crippen molar-refractivity contribution in [1.82, 2.24) is 5.32 Å². The molecule has 0 aliphatic heterocycles. The molecule has 1 rings (SSSR count). The van der Waals surface area contributed by atoms with Crippen molar-refractivity contribution in [3.63, 3.8) is 0 Å². The van der Waals surface area contributed by atoms with Gasteiger partial charge < -0.3 is 25.0 Å². The van der Waals surface area contributed by atoms with E-state index in [-0.39, 0.29) is 6.61 Å². The number of alkyl carbamates (subject to hydrolysis) is 1. The maximum Gasteiger partial charge on any atom is 0.407 e. The van der Waals surface area contributed by atoms with Crippen LogP contribution in [-0.2, 0) is 16.1 Å². The van der Waals surface area contributed by atoms with Gasteiger partial charge >= 0.3 is 6.09 Å². The van der Waals surface area contributed by atoms with E-state index in [0.29, 0.717) is 6.42 Å². The summed E-state index contributed by atoms with van der Waals surface area (Å²) in [5.74, 6) is 0. The van der Waals surface area contributed by atoms with Crippen molar-refractivity contribution in [2.45, 2.75) is 161 Å². The summed E-state index contributed by atoms with van der Waals surface area (Å²) in [5.41, 5.74) is -0.574. The summed E-state index contributed by atoms with van der Waals surface area (Å²) in [5, 5.41) is 24.7. The van der Waals surface area contributed by atoms with E-state index in [2.05, 4.69) is 12.2 Å². The molecule has 0 radical (unpaired) electrons. The predicted molar refractivity (Wildman–Crippen MR) is 156 cm³/mol. The van der Waals surface area contributed by atoms with Crippen LogP contribution in [0.15, 0.2) is 30.3 Å². The highest BCUT2D eigenvalue weighted by Crippen LogP contribution is 2.27. The molecule has 1 amide bonds. The Morgan fingerprint density at radius 3 is 1.82 bits per heavy atom. The molecule has 1 aromatic carbocycles. The fraction of sp³-hybridized carbons (Fsp3) is 0.781. The largest absolute Gasteiger partial charge is 0.445 e. The van der Waals surface area contributed by atoms with Crippen molar-refractivity contribution in [3.8, 4) is 0 Å². The van der Waals surface area contributed by atoms with Crippen molar-refractivity contribution in [2.24, 2.45) is 0 Å². The van der Waals surface area contributed by atoms with Crippen LogP contribution in [0.5, 0.6) is 0 Å². The molecular formula is C32H57NO5. The highest BCUT2D eigenvalue weighted by Gasteiger charge is 2.42. The van der Waals surface area contributed by atoms with E-state index < -0.39 is 35.5 Å². The molecule has 0 fully saturated rings. The summed E-state index contributed by atoms with van der Waals surface area (Å²) in [7, 11) is 0. The lowest BCUT2D eigenvalue weighted by Crippen LogP contribution is -2.61. The first kappa shape index (κ1) is 34.4. The van der Waals surface area contributed by atoms with E-state index in [9.17, 15) is 15.0 Å². The Bertz CT molecular complexity index is 731. The lowest BCUT2D eigenvalue weighted by Gasteiger charge is -2.42. The second-order valence-electron chi connectivity index (χ2n) is 12.2. The molecular weight excluding hydrogens is 478 g/mol. The third-order valence-electron chi connectivity index (χ3n) is 6.89. The number of nitrogens with one attached hydrogen (secondary N) is 1. The number of aliphatic hydroxyl groups is 2. The zero-order chi connectivity index (χ0) is 28.4. The number of benzene rings is 1. The summed E-state index contributed by atoms with van der Waals surface area (Å²) in [6.45, 7) is 11.8. The fourth-order valence-corrected chi connectivity index (χ4v) is 5.00. The van der Waals surface area contributed by atoms with Gasteiger partial charge in [0.25, 0.3) is 0 Å². The Balaban J connectivity index is 2.50. The van der Waals surface area contributed by atoms with Gasteiger partial charge in [0.15, 0.2) is 0 Å². The molecule has 0 spiro atoms. The van der Waals surface area contributed by atoms with Gasteiger partial charge in [-0.15, -0.1) is 0 Å². The number of rotatable bonds is 20. The van der Waals surface area contributed by atoms with Crippen molar-refractivity contribution in [2.75, 3.05) is 0 Å². The highest BCUT2D eigenvalue weighted by molar-refractivity contribution is 5.68. The summed E-state index contributed by atoms with van der Waals surface area (Å²) in [4.78, 5) is 12.7. The number of carbonyl (C=O) groups excluding carboxylic acids is 1. The summed E-state index contributed by atoms with van der Waals surface area (Å²) < 4.78 is 11.6. The van der Waals surface area contributed by atoms with Crippen molar-refractivity contribution in [1.29, 1.82) is 0 Å². The topological polar surface area (TPSA) is 88.0 Å². The molecule has 6 heteroatoms.